The van der Waals surface area contributed by atoms with Gasteiger partial charge >= 0.3 is 0 Å². The quantitative estimate of drug-likeness (QED) is 0.555. The maximum absolute atomic E-state index is 13.7. The van der Waals surface area contributed by atoms with Crippen molar-refractivity contribution in [3.05, 3.63) is 24.0 Å². The van der Waals surface area contributed by atoms with Crippen LogP contribution in [0, 0.1) is 5.92 Å². The van der Waals surface area contributed by atoms with Gasteiger partial charge in [0.1, 0.15) is 5.82 Å². The van der Waals surface area contributed by atoms with Crippen LogP contribution in [-0.4, -0.2) is 65.9 Å². The van der Waals surface area contributed by atoms with Crippen LogP contribution in [0.15, 0.2) is 23.1 Å². The zero-order valence-electron chi connectivity index (χ0n) is 22.4. The van der Waals surface area contributed by atoms with Gasteiger partial charge < -0.3 is 14.6 Å². The Morgan fingerprint density at radius 2 is 1.89 bits per heavy atom. The second kappa shape index (κ2) is 10.1. The number of carbonyl (C=O) groups excluding carboxylic acids is 1. The third kappa shape index (κ3) is 6.04. The molecule has 1 amide bonds. The lowest BCUT2D eigenvalue weighted by molar-refractivity contribution is -0.125. The molecule has 11 heteroatoms. The molecule has 3 fully saturated rings. The number of alkyl halides is 2. The van der Waals surface area contributed by atoms with Crippen molar-refractivity contribution in [3.63, 3.8) is 0 Å². The van der Waals surface area contributed by atoms with Crippen molar-refractivity contribution in [3.8, 4) is 0 Å². The van der Waals surface area contributed by atoms with Crippen molar-refractivity contribution in [2.45, 2.75) is 101 Å². The molecule has 1 saturated heterocycles. The third-order valence-corrected chi connectivity index (χ3v) is 9.62. The number of rotatable bonds is 7. The number of nitrogens with one attached hydrogen (secondary N) is 1. The van der Waals surface area contributed by atoms with Gasteiger partial charge in [-0.1, -0.05) is 20.8 Å². The highest BCUT2D eigenvalue weighted by molar-refractivity contribution is 7.89. The summed E-state index contributed by atoms with van der Waals surface area (Å²) >= 11 is 0. The van der Waals surface area contributed by atoms with E-state index in [4.69, 9.17) is 9.72 Å². The highest BCUT2D eigenvalue weighted by Gasteiger charge is 2.37. The summed E-state index contributed by atoms with van der Waals surface area (Å²) in [5.41, 5.74) is 1.07. The SMILES string of the molecule is CC(C)(C)c1nc2cc(S(=O)(=O)N3CCOC(CC(=O)NC4CC4)C3)ccc2n1CC1CCC(F)(F)CC1. The fraction of sp³-hybridized carbons (Fsp3) is 0.704. The van der Waals surface area contributed by atoms with Crippen LogP contribution in [-0.2, 0) is 31.5 Å². The van der Waals surface area contributed by atoms with Crippen molar-refractivity contribution in [2.24, 2.45) is 5.92 Å². The van der Waals surface area contributed by atoms with E-state index in [2.05, 4.69) is 9.88 Å². The van der Waals surface area contributed by atoms with Gasteiger partial charge in [-0.25, -0.2) is 22.2 Å². The van der Waals surface area contributed by atoms with E-state index in [1.54, 1.807) is 18.2 Å². The topological polar surface area (TPSA) is 93.5 Å². The lowest BCUT2D eigenvalue weighted by atomic mass is 9.86. The first kappa shape index (κ1) is 27.5. The van der Waals surface area contributed by atoms with Crippen LogP contribution in [0.5, 0.6) is 0 Å². The maximum atomic E-state index is 13.7. The van der Waals surface area contributed by atoms with Gasteiger partial charge in [-0.05, 0) is 49.8 Å². The molecule has 0 spiro atoms. The molecule has 210 valence electrons. The highest BCUT2D eigenvalue weighted by Crippen LogP contribution is 2.38. The Labute approximate surface area is 223 Å². The first-order valence-electron chi connectivity index (χ1n) is 13.6. The number of fused-ring (bicyclic) bond motifs is 1. The number of morpholine rings is 1. The molecule has 1 aliphatic heterocycles. The number of halogens is 2. The van der Waals surface area contributed by atoms with Crippen LogP contribution >= 0.6 is 0 Å². The summed E-state index contributed by atoms with van der Waals surface area (Å²) < 4.78 is 63.8. The van der Waals surface area contributed by atoms with Gasteiger partial charge in [-0.15, -0.1) is 0 Å². The largest absolute Gasteiger partial charge is 0.375 e. The van der Waals surface area contributed by atoms with Crippen LogP contribution < -0.4 is 5.32 Å². The van der Waals surface area contributed by atoms with E-state index in [1.165, 1.54) is 4.31 Å². The van der Waals surface area contributed by atoms with Gasteiger partial charge in [-0.3, -0.25) is 4.79 Å². The smallest absolute Gasteiger partial charge is 0.248 e. The zero-order chi connectivity index (χ0) is 27.3. The van der Waals surface area contributed by atoms with E-state index in [-0.39, 0.29) is 67.1 Å². The molecule has 0 bridgehead atoms. The minimum absolute atomic E-state index is 0.0969. The Morgan fingerprint density at radius 1 is 1.18 bits per heavy atom. The standard InChI is InChI=1S/C27H38F2N4O4S/c1-26(2,3)25-31-22-15-21(6-7-23(22)33(25)16-18-8-10-27(28,29)11-9-18)38(35,36)32-12-13-37-20(17-32)14-24(34)30-19-4-5-19/h6-7,15,18-20H,4-5,8-14,16-17H2,1-3H3,(H,30,34). The number of carbonyl (C=O) groups is 1. The van der Waals surface area contributed by atoms with Gasteiger partial charge in [0.15, 0.2) is 0 Å². The molecule has 1 aromatic heterocycles. The molecule has 1 atom stereocenters. The van der Waals surface area contributed by atoms with Gasteiger partial charge in [0.05, 0.1) is 35.1 Å². The second-order valence-electron chi connectivity index (χ2n) is 12.1. The van der Waals surface area contributed by atoms with E-state index in [0.29, 0.717) is 24.9 Å². The predicted molar refractivity (Wildman–Crippen MR) is 140 cm³/mol. The average Bonchev–Trinajstić information content (AvgIpc) is 3.57. The Kier molecular flexibility index (Phi) is 7.32. The summed E-state index contributed by atoms with van der Waals surface area (Å²) in [6.45, 7) is 7.28. The van der Waals surface area contributed by atoms with Crippen molar-refractivity contribution < 1.29 is 26.7 Å². The van der Waals surface area contributed by atoms with Crippen molar-refractivity contribution in [1.29, 1.82) is 0 Å². The Hall–Kier alpha value is -2.11. The molecule has 3 aliphatic rings. The lowest BCUT2D eigenvalue weighted by Crippen LogP contribution is -2.47. The molecule has 8 nitrogen and oxygen atoms in total. The molecule has 2 saturated carbocycles. The Morgan fingerprint density at radius 3 is 2.55 bits per heavy atom. The van der Waals surface area contributed by atoms with E-state index >= 15 is 0 Å². The van der Waals surface area contributed by atoms with E-state index in [1.807, 2.05) is 20.8 Å². The van der Waals surface area contributed by atoms with Crippen molar-refractivity contribution in [1.82, 2.24) is 19.2 Å². The first-order chi connectivity index (χ1) is 17.8. The second-order valence-corrected chi connectivity index (χ2v) is 14.1. The monoisotopic (exact) mass is 552 g/mol. The molecule has 38 heavy (non-hydrogen) atoms. The molecule has 5 rings (SSSR count). The van der Waals surface area contributed by atoms with E-state index in [0.717, 1.165) is 24.2 Å². The zero-order valence-corrected chi connectivity index (χ0v) is 23.2. The van der Waals surface area contributed by atoms with Crippen LogP contribution in [0.3, 0.4) is 0 Å². The molecular weight excluding hydrogens is 514 g/mol. The number of sulfonamides is 1. The molecule has 1 aromatic carbocycles. The molecule has 1 N–H and O–H groups in total. The normalized spacial score (nSPS) is 23.6. The van der Waals surface area contributed by atoms with Crippen LogP contribution in [0.1, 0.15) is 71.5 Å². The van der Waals surface area contributed by atoms with E-state index < -0.39 is 22.0 Å². The number of benzene rings is 1. The summed E-state index contributed by atoms with van der Waals surface area (Å²) in [5, 5.41) is 2.92. The summed E-state index contributed by atoms with van der Waals surface area (Å²) in [6.07, 6.45) is 2.34. The third-order valence-electron chi connectivity index (χ3n) is 7.76. The summed E-state index contributed by atoms with van der Waals surface area (Å²) in [5.74, 6) is -1.75. The van der Waals surface area contributed by atoms with Gasteiger partial charge in [0.2, 0.25) is 21.9 Å². The lowest BCUT2D eigenvalue weighted by Gasteiger charge is -2.32. The number of ether oxygens (including phenoxy) is 1. The maximum Gasteiger partial charge on any atom is 0.248 e. The number of amides is 1. The number of hydrogen-bond acceptors (Lipinski definition) is 5. The fourth-order valence-electron chi connectivity index (χ4n) is 5.47. The van der Waals surface area contributed by atoms with Crippen LogP contribution in [0.2, 0.25) is 0 Å². The molecule has 1 unspecified atom stereocenters. The number of aromatic nitrogens is 2. The minimum atomic E-state index is -3.82. The average molecular weight is 553 g/mol. The summed E-state index contributed by atoms with van der Waals surface area (Å²) in [4.78, 5) is 17.2. The summed E-state index contributed by atoms with van der Waals surface area (Å²) in [7, 11) is -3.82. The minimum Gasteiger partial charge on any atom is -0.375 e. The van der Waals surface area contributed by atoms with Crippen molar-refractivity contribution >= 4 is 27.0 Å². The Bertz CT molecular complexity index is 1290. The molecular formula is C27H38F2N4O4S. The molecule has 2 heterocycles. The fourth-order valence-corrected chi connectivity index (χ4v) is 6.95. The molecule has 2 aromatic rings. The Balaban J connectivity index is 1.37. The number of hydrogen-bond donors (Lipinski definition) is 1. The van der Waals surface area contributed by atoms with Crippen LogP contribution in [0.4, 0.5) is 8.78 Å². The van der Waals surface area contributed by atoms with Crippen LogP contribution in [0.25, 0.3) is 11.0 Å². The molecule has 0 radical (unpaired) electrons. The summed E-state index contributed by atoms with van der Waals surface area (Å²) in [6, 6.07) is 5.23. The van der Waals surface area contributed by atoms with E-state index in [9.17, 15) is 22.0 Å². The van der Waals surface area contributed by atoms with Gasteiger partial charge in [-0.2, -0.15) is 4.31 Å². The number of nitrogens with zero attached hydrogens (tertiary/aromatic N) is 3. The number of imidazole rings is 1. The van der Waals surface area contributed by atoms with Crippen molar-refractivity contribution in [2.75, 3.05) is 19.7 Å². The predicted octanol–water partition coefficient (Wildman–Crippen LogP) is 4.22. The van der Waals surface area contributed by atoms with Gasteiger partial charge in [0, 0.05) is 43.9 Å². The highest BCUT2D eigenvalue weighted by atomic mass is 32.2. The first-order valence-corrected chi connectivity index (χ1v) is 15.1. The van der Waals surface area contributed by atoms with Gasteiger partial charge in [0.25, 0.3) is 0 Å². The molecule has 2 aliphatic carbocycles.